The van der Waals surface area contributed by atoms with Crippen molar-refractivity contribution in [3.63, 3.8) is 0 Å². The Hall–Kier alpha value is -2.31. The lowest BCUT2D eigenvalue weighted by molar-refractivity contribution is 0.342. The Kier molecular flexibility index (Phi) is 4.34. The van der Waals surface area contributed by atoms with E-state index in [1.54, 1.807) is 6.07 Å². The standard InChI is InChI=1S/C18H18O5S/c1-3-22-17-13-7-5-6-8-14(13)18(23-4-2)16-11-12(24(19,20)21)9-10-15(16)17/h5-11H,3-4H2,1-2H3,(H,19,20,21). The van der Waals surface area contributed by atoms with E-state index in [1.165, 1.54) is 12.1 Å². The Morgan fingerprint density at radius 3 is 1.83 bits per heavy atom. The van der Waals surface area contributed by atoms with Gasteiger partial charge in [-0.1, -0.05) is 24.3 Å². The first-order chi connectivity index (χ1) is 11.5. The second-order valence-corrected chi connectivity index (χ2v) is 6.67. The molecule has 0 fully saturated rings. The van der Waals surface area contributed by atoms with Crippen LogP contribution < -0.4 is 9.47 Å². The molecule has 126 valence electrons. The van der Waals surface area contributed by atoms with E-state index in [0.717, 1.165) is 16.2 Å². The Morgan fingerprint density at radius 1 is 0.833 bits per heavy atom. The maximum absolute atomic E-state index is 11.5. The third-order valence-corrected chi connectivity index (χ3v) is 4.62. The van der Waals surface area contributed by atoms with Crippen LogP contribution in [-0.4, -0.2) is 26.2 Å². The molecule has 0 unspecified atom stereocenters. The molecule has 3 aromatic rings. The summed E-state index contributed by atoms with van der Waals surface area (Å²) < 4.78 is 44.0. The molecule has 6 heteroatoms. The lowest BCUT2D eigenvalue weighted by Crippen LogP contribution is -2.01. The summed E-state index contributed by atoms with van der Waals surface area (Å²) in [6, 6.07) is 12.1. The van der Waals surface area contributed by atoms with Crippen LogP contribution in [0.25, 0.3) is 21.5 Å². The molecule has 0 bridgehead atoms. The Balaban J connectivity index is 2.50. The van der Waals surface area contributed by atoms with Gasteiger partial charge in [-0.3, -0.25) is 4.55 Å². The van der Waals surface area contributed by atoms with Crippen molar-refractivity contribution in [2.75, 3.05) is 13.2 Å². The SMILES string of the molecule is CCOc1c2ccccc2c(OCC)c2cc(S(=O)(=O)O)ccc12. The molecule has 0 atom stereocenters. The zero-order valence-corrected chi connectivity index (χ0v) is 14.3. The van der Waals surface area contributed by atoms with Crippen molar-refractivity contribution in [1.82, 2.24) is 0 Å². The van der Waals surface area contributed by atoms with Gasteiger partial charge in [0.25, 0.3) is 10.1 Å². The van der Waals surface area contributed by atoms with E-state index in [1.807, 2.05) is 38.1 Å². The van der Waals surface area contributed by atoms with Crippen LogP contribution in [0, 0.1) is 0 Å². The second-order valence-electron chi connectivity index (χ2n) is 5.25. The number of benzene rings is 3. The van der Waals surface area contributed by atoms with Crippen molar-refractivity contribution < 1.29 is 22.4 Å². The largest absolute Gasteiger partial charge is 0.493 e. The molecule has 0 aliphatic rings. The molecule has 3 aromatic carbocycles. The van der Waals surface area contributed by atoms with Crippen LogP contribution in [0.5, 0.6) is 11.5 Å². The zero-order chi connectivity index (χ0) is 17.3. The summed E-state index contributed by atoms with van der Waals surface area (Å²) in [5, 5.41) is 3.07. The van der Waals surface area contributed by atoms with Crippen molar-refractivity contribution in [3.05, 3.63) is 42.5 Å². The molecule has 0 heterocycles. The average molecular weight is 346 g/mol. The van der Waals surface area contributed by atoms with Gasteiger partial charge in [0, 0.05) is 21.5 Å². The van der Waals surface area contributed by atoms with Crippen LogP contribution in [0.4, 0.5) is 0 Å². The molecule has 0 saturated heterocycles. The van der Waals surface area contributed by atoms with E-state index >= 15 is 0 Å². The van der Waals surface area contributed by atoms with E-state index in [0.29, 0.717) is 30.1 Å². The second kappa shape index (κ2) is 6.30. The Bertz CT molecular complexity index is 1010. The summed E-state index contributed by atoms with van der Waals surface area (Å²) in [7, 11) is -4.30. The predicted octanol–water partition coefficient (Wildman–Crippen LogP) is 4.04. The maximum Gasteiger partial charge on any atom is 0.294 e. The molecular weight excluding hydrogens is 328 g/mol. The summed E-state index contributed by atoms with van der Waals surface area (Å²) >= 11 is 0. The fourth-order valence-corrected chi connectivity index (χ4v) is 3.35. The summed E-state index contributed by atoms with van der Waals surface area (Å²) in [6.07, 6.45) is 0. The van der Waals surface area contributed by atoms with E-state index in [4.69, 9.17) is 9.47 Å². The quantitative estimate of drug-likeness (QED) is 0.557. The summed E-state index contributed by atoms with van der Waals surface area (Å²) in [5.74, 6) is 1.26. The zero-order valence-electron chi connectivity index (χ0n) is 13.4. The number of fused-ring (bicyclic) bond motifs is 2. The number of ether oxygens (including phenoxy) is 2. The molecule has 0 aromatic heterocycles. The lowest BCUT2D eigenvalue weighted by atomic mass is 10.0. The van der Waals surface area contributed by atoms with Crippen LogP contribution >= 0.6 is 0 Å². The minimum Gasteiger partial charge on any atom is -0.493 e. The Labute approximate surface area is 140 Å². The lowest BCUT2D eigenvalue weighted by Gasteiger charge is -2.17. The highest BCUT2D eigenvalue weighted by Gasteiger charge is 2.18. The van der Waals surface area contributed by atoms with Crippen molar-refractivity contribution in [2.24, 2.45) is 0 Å². The number of rotatable bonds is 5. The topological polar surface area (TPSA) is 72.8 Å². The highest BCUT2D eigenvalue weighted by Crippen LogP contribution is 2.43. The minimum atomic E-state index is -4.30. The van der Waals surface area contributed by atoms with Gasteiger partial charge in [-0.15, -0.1) is 0 Å². The summed E-state index contributed by atoms with van der Waals surface area (Å²) in [6.45, 7) is 4.67. The third kappa shape index (κ3) is 2.79. The number of hydrogen-bond donors (Lipinski definition) is 1. The van der Waals surface area contributed by atoms with Gasteiger partial charge in [0.1, 0.15) is 11.5 Å². The van der Waals surface area contributed by atoms with E-state index in [-0.39, 0.29) is 4.90 Å². The van der Waals surface area contributed by atoms with Crippen molar-refractivity contribution in [2.45, 2.75) is 18.7 Å². The highest BCUT2D eigenvalue weighted by atomic mass is 32.2. The van der Waals surface area contributed by atoms with E-state index in [2.05, 4.69) is 0 Å². The molecule has 0 amide bonds. The molecule has 0 spiro atoms. The van der Waals surface area contributed by atoms with Gasteiger partial charge in [0.15, 0.2) is 0 Å². The molecule has 0 saturated carbocycles. The van der Waals surface area contributed by atoms with Gasteiger partial charge in [-0.25, -0.2) is 0 Å². The first kappa shape index (κ1) is 16.5. The van der Waals surface area contributed by atoms with Crippen LogP contribution in [-0.2, 0) is 10.1 Å². The number of hydrogen-bond acceptors (Lipinski definition) is 4. The van der Waals surface area contributed by atoms with Crippen LogP contribution in [0.15, 0.2) is 47.4 Å². The monoisotopic (exact) mass is 346 g/mol. The average Bonchev–Trinajstić information content (AvgIpc) is 2.56. The highest BCUT2D eigenvalue weighted by molar-refractivity contribution is 7.85. The molecule has 1 N–H and O–H groups in total. The molecule has 3 rings (SSSR count). The molecule has 5 nitrogen and oxygen atoms in total. The fraction of sp³-hybridized carbons (Fsp3) is 0.222. The molecule has 0 radical (unpaired) electrons. The van der Waals surface area contributed by atoms with Crippen LogP contribution in [0.1, 0.15) is 13.8 Å². The fourth-order valence-electron chi connectivity index (χ4n) is 2.84. The normalized spacial score (nSPS) is 11.8. The first-order valence-electron chi connectivity index (χ1n) is 7.69. The van der Waals surface area contributed by atoms with Crippen LogP contribution in [0.3, 0.4) is 0 Å². The van der Waals surface area contributed by atoms with Crippen LogP contribution in [0.2, 0.25) is 0 Å². The molecule has 0 aliphatic heterocycles. The van der Waals surface area contributed by atoms with Crippen molar-refractivity contribution in [3.8, 4) is 11.5 Å². The van der Waals surface area contributed by atoms with Crippen molar-refractivity contribution >= 4 is 31.7 Å². The summed E-state index contributed by atoms with van der Waals surface area (Å²) in [5.41, 5.74) is 0. The molecular formula is C18H18O5S. The van der Waals surface area contributed by atoms with Gasteiger partial charge in [0.05, 0.1) is 18.1 Å². The maximum atomic E-state index is 11.5. The first-order valence-corrected chi connectivity index (χ1v) is 9.13. The third-order valence-electron chi connectivity index (χ3n) is 3.77. The van der Waals surface area contributed by atoms with Gasteiger partial charge in [-0.2, -0.15) is 8.42 Å². The van der Waals surface area contributed by atoms with Gasteiger partial charge in [0.2, 0.25) is 0 Å². The Morgan fingerprint density at radius 2 is 1.33 bits per heavy atom. The smallest absolute Gasteiger partial charge is 0.294 e. The molecule has 0 aliphatic carbocycles. The van der Waals surface area contributed by atoms with E-state index < -0.39 is 10.1 Å². The summed E-state index contributed by atoms with van der Waals surface area (Å²) in [4.78, 5) is -0.173. The molecule has 24 heavy (non-hydrogen) atoms. The minimum absolute atomic E-state index is 0.173. The van der Waals surface area contributed by atoms with E-state index in [9.17, 15) is 13.0 Å². The van der Waals surface area contributed by atoms with Gasteiger partial charge >= 0.3 is 0 Å². The van der Waals surface area contributed by atoms with Gasteiger partial charge < -0.3 is 9.47 Å². The predicted molar refractivity (Wildman–Crippen MR) is 93.6 cm³/mol. The van der Waals surface area contributed by atoms with Crippen molar-refractivity contribution in [1.29, 1.82) is 0 Å². The van der Waals surface area contributed by atoms with Gasteiger partial charge in [-0.05, 0) is 32.0 Å².